The minimum Gasteiger partial charge on any atom is -0.360 e. The van der Waals surface area contributed by atoms with Gasteiger partial charge < -0.3 is 4.52 Å². The SMILES string of the molecule is CCC(CCCl)CNS(=O)(=O)c1c(C)noc1C. The number of aryl methyl sites for hydroxylation is 2. The van der Waals surface area contributed by atoms with Gasteiger partial charge in [0.1, 0.15) is 10.6 Å². The van der Waals surface area contributed by atoms with Crippen LogP contribution in [0.2, 0.25) is 0 Å². The highest BCUT2D eigenvalue weighted by Gasteiger charge is 2.24. The van der Waals surface area contributed by atoms with E-state index in [-0.39, 0.29) is 10.8 Å². The van der Waals surface area contributed by atoms with Gasteiger partial charge in [-0.15, -0.1) is 11.6 Å². The molecule has 1 atom stereocenters. The highest BCUT2D eigenvalue weighted by atomic mass is 35.5. The molecule has 0 aliphatic carbocycles. The molecule has 18 heavy (non-hydrogen) atoms. The van der Waals surface area contributed by atoms with E-state index in [1.54, 1.807) is 13.8 Å². The second-order valence-electron chi connectivity index (χ2n) is 4.26. The lowest BCUT2D eigenvalue weighted by molar-refractivity contribution is 0.390. The number of nitrogens with zero attached hydrogens (tertiary/aromatic N) is 1. The average molecular weight is 295 g/mol. The molecule has 1 N–H and O–H groups in total. The third-order valence-corrected chi connectivity index (χ3v) is 4.78. The van der Waals surface area contributed by atoms with Crippen LogP contribution in [0.5, 0.6) is 0 Å². The molecular formula is C11H19ClN2O3S. The van der Waals surface area contributed by atoms with Crippen LogP contribution in [0.25, 0.3) is 0 Å². The molecule has 104 valence electrons. The number of sulfonamides is 1. The Labute approximate surface area is 113 Å². The molecule has 1 heterocycles. The summed E-state index contributed by atoms with van der Waals surface area (Å²) < 4.78 is 31.7. The van der Waals surface area contributed by atoms with Crippen molar-refractivity contribution in [1.82, 2.24) is 9.88 Å². The number of nitrogens with one attached hydrogen (secondary N) is 1. The molecule has 0 aromatic carbocycles. The van der Waals surface area contributed by atoms with E-state index in [1.165, 1.54) is 0 Å². The van der Waals surface area contributed by atoms with Crippen molar-refractivity contribution in [2.45, 2.75) is 38.5 Å². The molecule has 0 radical (unpaired) electrons. The zero-order valence-electron chi connectivity index (χ0n) is 10.9. The molecule has 0 fully saturated rings. The van der Waals surface area contributed by atoms with Crippen molar-refractivity contribution in [1.29, 1.82) is 0 Å². The fraction of sp³-hybridized carbons (Fsp3) is 0.727. The third-order valence-electron chi connectivity index (χ3n) is 2.89. The lowest BCUT2D eigenvalue weighted by Gasteiger charge is -2.14. The number of aromatic nitrogens is 1. The molecule has 0 amide bonds. The van der Waals surface area contributed by atoms with Crippen LogP contribution < -0.4 is 4.72 Å². The lowest BCUT2D eigenvalue weighted by atomic mass is 10.0. The van der Waals surface area contributed by atoms with Crippen LogP contribution >= 0.6 is 11.6 Å². The summed E-state index contributed by atoms with van der Waals surface area (Å²) >= 11 is 5.67. The molecule has 0 aliphatic heterocycles. The van der Waals surface area contributed by atoms with Gasteiger partial charge in [-0.05, 0) is 26.2 Å². The van der Waals surface area contributed by atoms with Gasteiger partial charge in [0.15, 0.2) is 5.76 Å². The summed E-state index contributed by atoms with van der Waals surface area (Å²) in [5.41, 5.74) is 0.380. The summed E-state index contributed by atoms with van der Waals surface area (Å²) in [7, 11) is -3.55. The average Bonchev–Trinajstić information content (AvgIpc) is 2.65. The van der Waals surface area contributed by atoms with Gasteiger partial charge in [-0.1, -0.05) is 18.5 Å². The van der Waals surface area contributed by atoms with Crippen molar-refractivity contribution in [2.24, 2.45) is 5.92 Å². The molecule has 0 bridgehead atoms. The second-order valence-corrected chi connectivity index (χ2v) is 6.34. The predicted octanol–water partition coefficient (Wildman–Crippen LogP) is 2.22. The summed E-state index contributed by atoms with van der Waals surface area (Å²) in [6.07, 6.45) is 1.68. The van der Waals surface area contributed by atoms with Crippen LogP contribution in [-0.4, -0.2) is 26.0 Å². The highest BCUT2D eigenvalue weighted by Crippen LogP contribution is 2.19. The van der Waals surface area contributed by atoms with Gasteiger partial charge in [-0.3, -0.25) is 0 Å². The van der Waals surface area contributed by atoms with Crippen LogP contribution in [0.15, 0.2) is 9.42 Å². The molecule has 5 nitrogen and oxygen atoms in total. The van der Waals surface area contributed by atoms with Crippen LogP contribution in [0, 0.1) is 19.8 Å². The van der Waals surface area contributed by atoms with Gasteiger partial charge in [0.25, 0.3) is 0 Å². The predicted molar refractivity (Wildman–Crippen MR) is 70.3 cm³/mol. The summed E-state index contributed by atoms with van der Waals surface area (Å²) in [5.74, 6) is 1.09. The summed E-state index contributed by atoms with van der Waals surface area (Å²) in [4.78, 5) is 0.142. The Balaban J connectivity index is 2.77. The molecule has 1 aromatic heterocycles. The minimum absolute atomic E-state index is 0.142. The zero-order chi connectivity index (χ0) is 13.8. The van der Waals surface area contributed by atoms with Crippen LogP contribution in [0.3, 0.4) is 0 Å². The molecule has 0 saturated heterocycles. The van der Waals surface area contributed by atoms with E-state index in [2.05, 4.69) is 9.88 Å². The first-order chi connectivity index (χ1) is 8.42. The summed E-state index contributed by atoms with van der Waals surface area (Å²) in [6, 6.07) is 0. The Morgan fingerprint density at radius 3 is 2.56 bits per heavy atom. The van der Waals surface area contributed by atoms with Crippen molar-refractivity contribution in [2.75, 3.05) is 12.4 Å². The Kier molecular flexibility index (Phi) is 5.62. The maximum Gasteiger partial charge on any atom is 0.245 e. The van der Waals surface area contributed by atoms with E-state index in [0.29, 0.717) is 23.9 Å². The van der Waals surface area contributed by atoms with Crippen molar-refractivity contribution in [3.8, 4) is 0 Å². The Morgan fingerprint density at radius 1 is 1.44 bits per heavy atom. The highest BCUT2D eigenvalue weighted by molar-refractivity contribution is 7.89. The summed E-state index contributed by atoms with van der Waals surface area (Å²) in [6.45, 7) is 5.60. The van der Waals surface area contributed by atoms with E-state index < -0.39 is 10.0 Å². The van der Waals surface area contributed by atoms with Gasteiger partial charge in [-0.25, -0.2) is 13.1 Å². The molecule has 1 rings (SSSR count). The van der Waals surface area contributed by atoms with Crippen LogP contribution in [0.4, 0.5) is 0 Å². The fourth-order valence-corrected chi connectivity index (χ4v) is 3.51. The molecule has 7 heteroatoms. The number of hydrogen-bond donors (Lipinski definition) is 1. The van der Waals surface area contributed by atoms with Crippen LogP contribution in [-0.2, 0) is 10.0 Å². The monoisotopic (exact) mass is 294 g/mol. The smallest absolute Gasteiger partial charge is 0.245 e. The van der Waals surface area contributed by atoms with Crippen LogP contribution in [0.1, 0.15) is 31.2 Å². The molecular weight excluding hydrogens is 276 g/mol. The Hall–Kier alpha value is -0.590. The van der Waals surface area contributed by atoms with E-state index in [9.17, 15) is 8.42 Å². The van der Waals surface area contributed by atoms with Gasteiger partial charge in [0.2, 0.25) is 10.0 Å². The Morgan fingerprint density at radius 2 is 2.11 bits per heavy atom. The topological polar surface area (TPSA) is 72.2 Å². The van der Waals surface area contributed by atoms with Gasteiger partial charge >= 0.3 is 0 Å². The van der Waals surface area contributed by atoms with E-state index in [4.69, 9.17) is 16.1 Å². The maximum absolute atomic E-state index is 12.1. The zero-order valence-corrected chi connectivity index (χ0v) is 12.4. The number of hydrogen-bond acceptors (Lipinski definition) is 4. The van der Waals surface area contributed by atoms with Gasteiger partial charge in [-0.2, -0.15) is 0 Å². The van der Waals surface area contributed by atoms with E-state index >= 15 is 0 Å². The standard InChI is InChI=1S/C11H19ClN2O3S/c1-4-10(5-6-12)7-13-18(15,16)11-8(2)14-17-9(11)3/h10,13H,4-7H2,1-3H3. The number of halogens is 1. The lowest BCUT2D eigenvalue weighted by Crippen LogP contribution is -2.30. The molecule has 1 unspecified atom stereocenters. The van der Waals surface area contributed by atoms with Crippen molar-refractivity contribution in [3.63, 3.8) is 0 Å². The van der Waals surface area contributed by atoms with Crippen molar-refractivity contribution in [3.05, 3.63) is 11.5 Å². The third kappa shape index (κ3) is 3.70. The molecule has 0 aliphatic rings. The maximum atomic E-state index is 12.1. The van der Waals surface area contributed by atoms with E-state index in [1.807, 2.05) is 6.92 Å². The summed E-state index contributed by atoms with van der Waals surface area (Å²) in [5, 5.41) is 3.65. The van der Waals surface area contributed by atoms with Gasteiger partial charge in [0.05, 0.1) is 0 Å². The van der Waals surface area contributed by atoms with Gasteiger partial charge in [0, 0.05) is 12.4 Å². The molecule has 0 saturated carbocycles. The fourth-order valence-electron chi connectivity index (χ4n) is 1.76. The van der Waals surface area contributed by atoms with Crippen molar-refractivity contribution >= 4 is 21.6 Å². The number of alkyl halides is 1. The van der Waals surface area contributed by atoms with E-state index in [0.717, 1.165) is 12.8 Å². The second kappa shape index (κ2) is 6.54. The minimum atomic E-state index is -3.55. The largest absolute Gasteiger partial charge is 0.360 e. The Bertz CT molecular complexity index is 465. The first-order valence-corrected chi connectivity index (χ1v) is 7.92. The molecule has 0 spiro atoms. The first kappa shape index (κ1) is 15.5. The van der Waals surface area contributed by atoms with Crippen molar-refractivity contribution < 1.29 is 12.9 Å². The first-order valence-electron chi connectivity index (χ1n) is 5.90. The molecule has 1 aromatic rings. The quantitative estimate of drug-likeness (QED) is 0.783. The number of rotatable bonds is 7. The normalized spacial score (nSPS) is 13.8.